The van der Waals surface area contributed by atoms with Gasteiger partial charge in [0, 0.05) is 38.3 Å². The number of rotatable bonds is 9. The standard InChI is InChI=1S/C22H38N4O.HI/c1-5-15-27-17-20-10-8-7-9-19(20)16-24-22(23-6-2)25-21-11-13-26(14-12-21)18(3)4;/h7-10,18,21H,5-6,11-17H2,1-4H3,(H2,23,24,25);1H. The fraction of sp³-hybridized carbons (Fsp3) is 0.682. The van der Waals surface area contributed by atoms with E-state index in [1.807, 2.05) is 0 Å². The van der Waals surface area contributed by atoms with Crippen molar-refractivity contribution < 1.29 is 4.74 Å². The van der Waals surface area contributed by atoms with Gasteiger partial charge in [-0.15, -0.1) is 24.0 Å². The number of piperidine rings is 1. The lowest BCUT2D eigenvalue weighted by Crippen LogP contribution is -2.49. The molecule has 0 aromatic heterocycles. The number of nitrogens with one attached hydrogen (secondary N) is 2. The van der Waals surface area contributed by atoms with Gasteiger partial charge in [-0.05, 0) is 51.2 Å². The predicted molar refractivity (Wildman–Crippen MR) is 129 cm³/mol. The van der Waals surface area contributed by atoms with E-state index in [4.69, 9.17) is 9.73 Å². The highest BCUT2D eigenvalue weighted by molar-refractivity contribution is 14.0. The van der Waals surface area contributed by atoms with Gasteiger partial charge >= 0.3 is 0 Å². The number of likely N-dealkylation sites (tertiary alicyclic amines) is 1. The summed E-state index contributed by atoms with van der Waals surface area (Å²) in [7, 11) is 0. The van der Waals surface area contributed by atoms with Crippen molar-refractivity contribution in [1.82, 2.24) is 15.5 Å². The lowest BCUT2D eigenvalue weighted by atomic mass is 10.0. The van der Waals surface area contributed by atoms with Crippen LogP contribution in [0.4, 0.5) is 0 Å². The smallest absolute Gasteiger partial charge is 0.191 e. The van der Waals surface area contributed by atoms with Crippen molar-refractivity contribution >= 4 is 29.9 Å². The number of benzene rings is 1. The number of aliphatic imine (C=N–C) groups is 1. The van der Waals surface area contributed by atoms with Gasteiger partial charge in [0.1, 0.15) is 0 Å². The summed E-state index contributed by atoms with van der Waals surface area (Å²) >= 11 is 0. The maximum Gasteiger partial charge on any atom is 0.191 e. The van der Waals surface area contributed by atoms with Crippen LogP contribution in [0.3, 0.4) is 0 Å². The van der Waals surface area contributed by atoms with Gasteiger partial charge < -0.3 is 20.3 Å². The van der Waals surface area contributed by atoms with Crippen molar-refractivity contribution in [2.45, 2.75) is 72.2 Å². The van der Waals surface area contributed by atoms with E-state index >= 15 is 0 Å². The second-order valence-corrected chi connectivity index (χ2v) is 7.56. The molecule has 1 aromatic rings. The quantitative estimate of drug-likeness (QED) is 0.231. The number of hydrogen-bond donors (Lipinski definition) is 2. The molecule has 0 amide bonds. The van der Waals surface area contributed by atoms with Gasteiger partial charge in [0.15, 0.2) is 5.96 Å². The normalized spacial score (nSPS) is 16.1. The van der Waals surface area contributed by atoms with Crippen LogP contribution < -0.4 is 10.6 Å². The Hall–Kier alpha value is -0.860. The summed E-state index contributed by atoms with van der Waals surface area (Å²) in [6.45, 7) is 14.1. The Bertz CT molecular complexity index is 571. The summed E-state index contributed by atoms with van der Waals surface area (Å²) in [4.78, 5) is 7.40. The molecule has 160 valence electrons. The first kappa shape index (κ1) is 25.2. The van der Waals surface area contributed by atoms with Gasteiger partial charge in [-0.25, -0.2) is 4.99 Å². The molecule has 0 saturated carbocycles. The van der Waals surface area contributed by atoms with Gasteiger partial charge in [0.2, 0.25) is 0 Å². The van der Waals surface area contributed by atoms with Gasteiger partial charge in [0.25, 0.3) is 0 Å². The summed E-state index contributed by atoms with van der Waals surface area (Å²) in [5.41, 5.74) is 2.47. The summed E-state index contributed by atoms with van der Waals surface area (Å²) in [5.74, 6) is 0.921. The van der Waals surface area contributed by atoms with Crippen LogP contribution in [0, 0.1) is 0 Å². The van der Waals surface area contributed by atoms with Crippen molar-refractivity contribution in [3.8, 4) is 0 Å². The third kappa shape index (κ3) is 8.66. The number of ether oxygens (including phenoxy) is 1. The molecule has 0 unspecified atom stereocenters. The van der Waals surface area contributed by atoms with Crippen LogP contribution in [0.15, 0.2) is 29.3 Å². The highest BCUT2D eigenvalue weighted by Gasteiger charge is 2.21. The van der Waals surface area contributed by atoms with Crippen LogP contribution in [0.5, 0.6) is 0 Å². The minimum absolute atomic E-state index is 0. The number of hydrogen-bond acceptors (Lipinski definition) is 3. The first-order valence-corrected chi connectivity index (χ1v) is 10.6. The highest BCUT2D eigenvalue weighted by Crippen LogP contribution is 2.14. The molecule has 6 heteroatoms. The Morgan fingerprint density at radius 3 is 2.46 bits per heavy atom. The van der Waals surface area contributed by atoms with Crippen LogP contribution in [0.1, 0.15) is 58.1 Å². The number of guanidine groups is 1. The van der Waals surface area contributed by atoms with E-state index in [1.165, 1.54) is 24.0 Å². The molecular weight excluding hydrogens is 463 g/mol. The first-order valence-electron chi connectivity index (χ1n) is 10.6. The average Bonchev–Trinajstić information content (AvgIpc) is 2.68. The van der Waals surface area contributed by atoms with E-state index in [0.717, 1.165) is 38.6 Å². The Morgan fingerprint density at radius 2 is 1.86 bits per heavy atom. The third-order valence-corrected chi connectivity index (χ3v) is 5.08. The summed E-state index contributed by atoms with van der Waals surface area (Å²) in [6, 6.07) is 9.58. The maximum atomic E-state index is 5.73. The van der Waals surface area contributed by atoms with E-state index in [9.17, 15) is 0 Å². The van der Waals surface area contributed by atoms with E-state index in [1.54, 1.807) is 0 Å². The predicted octanol–water partition coefficient (Wildman–Crippen LogP) is 4.16. The Balaban J connectivity index is 0.00000392. The average molecular weight is 502 g/mol. The Morgan fingerprint density at radius 1 is 1.18 bits per heavy atom. The van der Waals surface area contributed by atoms with Crippen LogP contribution in [0.25, 0.3) is 0 Å². The molecule has 1 aliphatic heterocycles. The van der Waals surface area contributed by atoms with E-state index in [2.05, 4.69) is 67.5 Å². The molecule has 1 saturated heterocycles. The number of halogens is 1. The second-order valence-electron chi connectivity index (χ2n) is 7.56. The van der Waals surface area contributed by atoms with Crippen molar-refractivity contribution in [2.24, 2.45) is 4.99 Å². The minimum Gasteiger partial charge on any atom is -0.377 e. The van der Waals surface area contributed by atoms with Gasteiger partial charge in [-0.2, -0.15) is 0 Å². The molecule has 0 atom stereocenters. The molecule has 2 N–H and O–H groups in total. The van der Waals surface area contributed by atoms with Crippen molar-refractivity contribution in [3.63, 3.8) is 0 Å². The maximum absolute atomic E-state index is 5.73. The van der Waals surface area contributed by atoms with Crippen LogP contribution in [-0.4, -0.2) is 49.2 Å². The third-order valence-electron chi connectivity index (χ3n) is 5.08. The molecule has 0 spiro atoms. The fourth-order valence-corrected chi connectivity index (χ4v) is 3.42. The molecule has 1 aromatic carbocycles. The second kappa shape index (κ2) is 14.2. The zero-order valence-electron chi connectivity index (χ0n) is 18.0. The van der Waals surface area contributed by atoms with E-state index < -0.39 is 0 Å². The first-order chi connectivity index (χ1) is 13.1. The van der Waals surface area contributed by atoms with E-state index in [-0.39, 0.29) is 24.0 Å². The van der Waals surface area contributed by atoms with Gasteiger partial charge in [0.05, 0.1) is 13.2 Å². The molecule has 0 bridgehead atoms. The van der Waals surface area contributed by atoms with Crippen LogP contribution in [-0.2, 0) is 17.9 Å². The topological polar surface area (TPSA) is 48.9 Å². The lowest BCUT2D eigenvalue weighted by Gasteiger charge is -2.35. The van der Waals surface area contributed by atoms with Gasteiger partial charge in [-0.1, -0.05) is 31.2 Å². The zero-order chi connectivity index (χ0) is 19.5. The zero-order valence-corrected chi connectivity index (χ0v) is 20.4. The molecule has 5 nitrogen and oxygen atoms in total. The van der Waals surface area contributed by atoms with Crippen LogP contribution >= 0.6 is 24.0 Å². The van der Waals surface area contributed by atoms with Crippen molar-refractivity contribution in [2.75, 3.05) is 26.2 Å². The highest BCUT2D eigenvalue weighted by atomic mass is 127. The van der Waals surface area contributed by atoms with Gasteiger partial charge in [-0.3, -0.25) is 0 Å². The lowest BCUT2D eigenvalue weighted by molar-refractivity contribution is 0.121. The molecule has 0 radical (unpaired) electrons. The monoisotopic (exact) mass is 502 g/mol. The molecule has 0 aliphatic carbocycles. The Labute approximate surface area is 188 Å². The van der Waals surface area contributed by atoms with E-state index in [0.29, 0.717) is 25.2 Å². The minimum atomic E-state index is 0. The largest absolute Gasteiger partial charge is 0.377 e. The summed E-state index contributed by atoms with van der Waals surface area (Å²) in [5, 5.41) is 7.04. The molecule has 28 heavy (non-hydrogen) atoms. The number of nitrogens with zero attached hydrogens (tertiary/aromatic N) is 2. The molecule has 2 rings (SSSR count). The summed E-state index contributed by atoms with van der Waals surface area (Å²) < 4.78 is 5.73. The SMILES string of the molecule is CCCOCc1ccccc1CN=C(NCC)NC1CCN(C(C)C)CC1.I. The van der Waals surface area contributed by atoms with Crippen molar-refractivity contribution in [1.29, 1.82) is 0 Å². The van der Waals surface area contributed by atoms with Crippen LogP contribution in [0.2, 0.25) is 0 Å². The summed E-state index contributed by atoms with van der Waals surface area (Å²) in [6.07, 6.45) is 3.39. The molecule has 1 fully saturated rings. The van der Waals surface area contributed by atoms with Crippen molar-refractivity contribution in [3.05, 3.63) is 35.4 Å². The molecule has 1 aliphatic rings. The fourth-order valence-electron chi connectivity index (χ4n) is 3.42. The Kier molecular flexibility index (Phi) is 12.7. The molecule has 1 heterocycles. The molecular formula is C22H39IN4O.